The van der Waals surface area contributed by atoms with Gasteiger partial charge in [-0.3, -0.25) is 4.98 Å². The van der Waals surface area contributed by atoms with Gasteiger partial charge in [0.25, 0.3) is 0 Å². The van der Waals surface area contributed by atoms with Gasteiger partial charge in [-0.1, -0.05) is 48.5 Å². The first-order valence-corrected chi connectivity index (χ1v) is 8.78. The van der Waals surface area contributed by atoms with E-state index in [-0.39, 0.29) is 0 Å². The first kappa shape index (κ1) is 18.2. The van der Waals surface area contributed by atoms with E-state index in [1.54, 1.807) is 6.20 Å². The number of hydrogen-bond acceptors (Lipinski definition) is 3. The topological polar surface area (TPSA) is 87.1 Å². The zero-order valence-corrected chi connectivity index (χ0v) is 15.0. The normalized spacial score (nSPS) is 11.0. The van der Waals surface area contributed by atoms with Crippen LogP contribution in [0.1, 0.15) is 16.8 Å². The van der Waals surface area contributed by atoms with E-state index in [1.807, 2.05) is 66.7 Å². The third kappa shape index (κ3) is 5.16. The fourth-order valence-electron chi connectivity index (χ4n) is 2.72. The molecule has 27 heavy (non-hydrogen) atoms. The average Bonchev–Trinajstić information content (AvgIpc) is 2.73. The second-order valence-corrected chi connectivity index (χ2v) is 6.05. The lowest BCUT2D eigenvalue weighted by Crippen LogP contribution is -2.33. The van der Waals surface area contributed by atoms with E-state index in [0.717, 1.165) is 28.8 Å². The summed E-state index contributed by atoms with van der Waals surface area (Å²) in [6, 6.07) is 23.7. The van der Waals surface area contributed by atoms with Crippen LogP contribution in [0.25, 0.3) is 11.1 Å². The molecule has 0 fully saturated rings. The molecule has 0 saturated carbocycles. The minimum absolute atomic E-state index is 0.421. The van der Waals surface area contributed by atoms with Gasteiger partial charge in [0, 0.05) is 24.9 Å². The Morgan fingerprint density at radius 3 is 2.56 bits per heavy atom. The molecular formula is C22H21N5. The summed E-state index contributed by atoms with van der Waals surface area (Å²) in [6.45, 7) is 1.19. The molecular weight excluding hydrogens is 334 g/mol. The Balaban J connectivity index is 1.55. The summed E-state index contributed by atoms with van der Waals surface area (Å²) < 4.78 is 0. The van der Waals surface area contributed by atoms with Crippen molar-refractivity contribution in [1.82, 2.24) is 10.3 Å². The quantitative estimate of drug-likeness (QED) is 0.525. The van der Waals surface area contributed by atoms with E-state index in [1.165, 1.54) is 0 Å². The van der Waals surface area contributed by atoms with Gasteiger partial charge < -0.3 is 11.1 Å². The van der Waals surface area contributed by atoms with Crippen LogP contribution in [-0.2, 0) is 13.0 Å². The Kier molecular flexibility index (Phi) is 6.16. The van der Waals surface area contributed by atoms with Gasteiger partial charge in [-0.2, -0.15) is 5.26 Å². The third-order valence-electron chi connectivity index (χ3n) is 4.16. The number of nitrogens with one attached hydrogen (secondary N) is 1. The molecule has 1 aromatic heterocycles. The Morgan fingerprint density at radius 2 is 1.81 bits per heavy atom. The Hall–Kier alpha value is -3.65. The number of benzene rings is 2. The lowest BCUT2D eigenvalue weighted by Gasteiger charge is -2.07. The standard InChI is InChI=1S/C22H21N5/c23-15-19-5-1-2-7-21(19)18-10-8-17(9-11-18)16-27-22(24)26-14-12-20-6-3-4-13-25-20/h1-11,13H,12,14,16H2,(H3,24,26,27). The fourth-order valence-corrected chi connectivity index (χ4v) is 2.72. The van der Waals surface area contributed by atoms with Crippen LogP contribution < -0.4 is 11.1 Å². The van der Waals surface area contributed by atoms with Crippen LogP contribution in [0, 0.1) is 11.3 Å². The van der Waals surface area contributed by atoms with Crippen LogP contribution in [0.3, 0.4) is 0 Å². The monoisotopic (exact) mass is 355 g/mol. The maximum atomic E-state index is 9.23. The second kappa shape index (κ2) is 9.16. The molecule has 0 aliphatic rings. The SMILES string of the molecule is N#Cc1ccccc1-c1ccc(CN=C(N)NCCc2ccccn2)cc1. The molecule has 0 unspecified atom stereocenters. The van der Waals surface area contributed by atoms with E-state index in [2.05, 4.69) is 21.4 Å². The highest BCUT2D eigenvalue weighted by atomic mass is 15.1. The first-order chi connectivity index (χ1) is 13.3. The average molecular weight is 355 g/mol. The molecule has 0 atom stereocenters. The van der Waals surface area contributed by atoms with E-state index in [9.17, 15) is 5.26 Å². The van der Waals surface area contributed by atoms with Gasteiger partial charge in [-0.15, -0.1) is 0 Å². The highest BCUT2D eigenvalue weighted by Crippen LogP contribution is 2.23. The molecule has 0 amide bonds. The van der Waals surface area contributed by atoms with Gasteiger partial charge in [0.2, 0.25) is 0 Å². The Bertz CT molecular complexity index is 940. The molecule has 3 rings (SSSR count). The molecule has 3 N–H and O–H groups in total. The highest BCUT2D eigenvalue weighted by molar-refractivity contribution is 5.77. The fraction of sp³-hybridized carbons (Fsp3) is 0.136. The van der Waals surface area contributed by atoms with Crippen molar-refractivity contribution in [1.29, 1.82) is 5.26 Å². The maximum Gasteiger partial charge on any atom is 0.188 e. The highest BCUT2D eigenvalue weighted by Gasteiger charge is 2.04. The molecule has 5 heteroatoms. The van der Waals surface area contributed by atoms with Gasteiger partial charge in [0.1, 0.15) is 0 Å². The van der Waals surface area contributed by atoms with Crippen molar-refractivity contribution < 1.29 is 0 Å². The Morgan fingerprint density at radius 1 is 1.04 bits per heavy atom. The molecule has 0 aliphatic heterocycles. The summed E-state index contributed by atoms with van der Waals surface area (Å²) in [5.74, 6) is 0.421. The smallest absolute Gasteiger partial charge is 0.188 e. The van der Waals surface area contributed by atoms with Gasteiger partial charge in [-0.05, 0) is 34.9 Å². The first-order valence-electron chi connectivity index (χ1n) is 8.78. The second-order valence-electron chi connectivity index (χ2n) is 6.05. The zero-order valence-electron chi connectivity index (χ0n) is 15.0. The number of nitrogens with two attached hydrogens (primary N) is 1. The molecule has 0 radical (unpaired) electrons. The van der Waals surface area contributed by atoms with Gasteiger partial charge >= 0.3 is 0 Å². The van der Waals surface area contributed by atoms with E-state index >= 15 is 0 Å². The number of aliphatic imine (C=N–C) groups is 1. The largest absolute Gasteiger partial charge is 0.370 e. The van der Waals surface area contributed by atoms with Crippen molar-refractivity contribution in [3.8, 4) is 17.2 Å². The van der Waals surface area contributed by atoms with Crippen LogP contribution in [0.4, 0.5) is 0 Å². The number of guanidine groups is 1. The van der Waals surface area contributed by atoms with E-state index < -0.39 is 0 Å². The molecule has 0 aliphatic carbocycles. The summed E-state index contributed by atoms with van der Waals surface area (Å²) in [7, 11) is 0. The van der Waals surface area contributed by atoms with Crippen molar-refractivity contribution in [3.63, 3.8) is 0 Å². The van der Waals surface area contributed by atoms with Crippen LogP contribution in [-0.4, -0.2) is 17.5 Å². The molecule has 1 heterocycles. The number of nitriles is 1. The van der Waals surface area contributed by atoms with Crippen LogP contribution in [0.15, 0.2) is 77.9 Å². The predicted molar refractivity (Wildman–Crippen MR) is 108 cm³/mol. The number of rotatable bonds is 6. The minimum atomic E-state index is 0.421. The van der Waals surface area contributed by atoms with Crippen LogP contribution >= 0.6 is 0 Å². The molecule has 2 aromatic carbocycles. The van der Waals surface area contributed by atoms with Crippen molar-refractivity contribution in [2.45, 2.75) is 13.0 Å². The lowest BCUT2D eigenvalue weighted by atomic mass is 9.99. The summed E-state index contributed by atoms with van der Waals surface area (Å²) >= 11 is 0. The summed E-state index contributed by atoms with van der Waals surface area (Å²) in [4.78, 5) is 8.65. The van der Waals surface area contributed by atoms with Crippen molar-refractivity contribution in [2.24, 2.45) is 10.7 Å². The predicted octanol–water partition coefficient (Wildman–Crippen LogP) is 3.27. The van der Waals surface area contributed by atoms with Crippen molar-refractivity contribution >= 4 is 5.96 Å². The molecule has 5 nitrogen and oxygen atoms in total. The van der Waals surface area contributed by atoms with Gasteiger partial charge in [0.15, 0.2) is 5.96 Å². The zero-order chi connectivity index (χ0) is 18.9. The van der Waals surface area contributed by atoms with Gasteiger partial charge in [-0.25, -0.2) is 4.99 Å². The van der Waals surface area contributed by atoms with Crippen LogP contribution in [0.5, 0.6) is 0 Å². The summed E-state index contributed by atoms with van der Waals surface area (Å²) in [6.07, 6.45) is 2.58. The number of aromatic nitrogens is 1. The van der Waals surface area contributed by atoms with Crippen molar-refractivity contribution in [3.05, 3.63) is 89.7 Å². The molecule has 134 valence electrons. The maximum absolute atomic E-state index is 9.23. The minimum Gasteiger partial charge on any atom is -0.370 e. The molecule has 0 spiro atoms. The van der Waals surface area contributed by atoms with Crippen molar-refractivity contribution in [2.75, 3.05) is 6.54 Å². The van der Waals surface area contributed by atoms with Crippen LogP contribution in [0.2, 0.25) is 0 Å². The number of nitrogens with zero attached hydrogens (tertiary/aromatic N) is 3. The number of pyridine rings is 1. The van der Waals surface area contributed by atoms with Gasteiger partial charge in [0.05, 0.1) is 18.2 Å². The third-order valence-corrected chi connectivity index (χ3v) is 4.16. The number of hydrogen-bond donors (Lipinski definition) is 2. The van der Waals surface area contributed by atoms with E-state index in [0.29, 0.717) is 24.6 Å². The molecule has 0 bridgehead atoms. The summed E-state index contributed by atoms with van der Waals surface area (Å²) in [5.41, 5.74) is 10.6. The summed E-state index contributed by atoms with van der Waals surface area (Å²) in [5, 5.41) is 12.3. The Labute approximate surface area is 159 Å². The molecule has 0 saturated heterocycles. The van der Waals surface area contributed by atoms with E-state index in [4.69, 9.17) is 5.73 Å². The molecule has 3 aromatic rings. The lowest BCUT2D eigenvalue weighted by molar-refractivity contribution is 0.827.